The van der Waals surface area contributed by atoms with E-state index in [0.29, 0.717) is 12.2 Å². The number of ketones is 1. The molecule has 1 aromatic heterocycles. The molecule has 5 heteroatoms. The standard InChI is InChI=1S/C15H18N2O3/c1-3-9-17-13(10-7-5-6-8-16-10)12(11(18)4-2)14(19)15(17)20/h5-8,13,19H,3-4,9H2,1-2H3. The number of aliphatic hydroxyl groups is 1. The van der Waals surface area contributed by atoms with Gasteiger partial charge in [-0.3, -0.25) is 14.6 Å². The molecule has 1 unspecified atom stereocenters. The van der Waals surface area contributed by atoms with Crippen LogP contribution in [0.15, 0.2) is 35.7 Å². The van der Waals surface area contributed by atoms with Gasteiger partial charge in [-0.1, -0.05) is 19.9 Å². The van der Waals surface area contributed by atoms with Gasteiger partial charge >= 0.3 is 0 Å². The van der Waals surface area contributed by atoms with E-state index in [-0.39, 0.29) is 17.8 Å². The van der Waals surface area contributed by atoms with Crippen LogP contribution >= 0.6 is 0 Å². The zero-order valence-corrected chi connectivity index (χ0v) is 11.7. The normalized spacial score (nSPS) is 18.8. The fourth-order valence-corrected chi connectivity index (χ4v) is 2.45. The Bertz CT molecular complexity index is 551. The molecule has 0 saturated heterocycles. The van der Waals surface area contributed by atoms with Gasteiger partial charge < -0.3 is 10.0 Å². The molecule has 1 atom stereocenters. The molecule has 2 heterocycles. The van der Waals surface area contributed by atoms with Gasteiger partial charge in [0.2, 0.25) is 0 Å². The summed E-state index contributed by atoms with van der Waals surface area (Å²) in [5, 5.41) is 10.0. The van der Waals surface area contributed by atoms with E-state index in [0.717, 1.165) is 6.42 Å². The molecule has 0 spiro atoms. The van der Waals surface area contributed by atoms with Gasteiger partial charge in [-0.2, -0.15) is 0 Å². The molecule has 0 aliphatic carbocycles. The molecule has 0 aromatic carbocycles. The number of nitrogens with zero attached hydrogens (tertiary/aromatic N) is 2. The van der Waals surface area contributed by atoms with Crippen LogP contribution in [0, 0.1) is 0 Å². The van der Waals surface area contributed by atoms with E-state index in [4.69, 9.17) is 0 Å². The molecule has 0 radical (unpaired) electrons. The van der Waals surface area contributed by atoms with Crippen molar-refractivity contribution in [3.05, 3.63) is 41.4 Å². The SMILES string of the molecule is CCCN1C(=O)C(O)=C(C(=O)CC)C1c1ccccn1. The lowest BCUT2D eigenvalue weighted by Gasteiger charge is -2.25. The Morgan fingerprint density at radius 2 is 2.15 bits per heavy atom. The summed E-state index contributed by atoms with van der Waals surface area (Å²) in [4.78, 5) is 30.0. The molecule has 20 heavy (non-hydrogen) atoms. The number of aromatic nitrogens is 1. The van der Waals surface area contributed by atoms with Gasteiger partial charge in [0.25, 0.3) is 5.91 Å². The first-order valence-corrected chi connectivity index (χ1v) is 6.80. The number of aliphatic hydroxyl groups excluding tert-OH is 1. The zero-order valence-electron chi connectivity index (χ0n) is 11.7. The van der Waals surface area contributed by atoms with Gasteiger partial charge in [0.1, 0.15) is 6.04 Å². The largest absolute Gasteiger partial charge is 0.503 e. The molecule has 0 bridgehead atoms. The van der Waals surface area contributed by atoms with Crippen LogP contribution in [0.5, 0.6) is 0 Å². The number of carbonyl (C=O) groups excluding carboxylic acids is 2. The van der Waals surface area contributed by atoms with E-state index >= 15 is 0 Å². The average Bonchev–Trinajstić information content (AvgIpc) is 2.73. The number of pyridine rings is 1. The smallest absolute Gasteiger partial charge is 0.290 e. The van der Waals surface area contributed by atoms with Gasteiger partial charge in [-0.25, -0.2) is 0 Å². The molecule has 0 fully saturated rings. The van der Waals surface area contributed by atoms with Crippen molar-refractivity contribution >= 4 is 11.7 Å². The zero-order chi connectivity index (χ0) is 14.7. The Balaban J connectivity index is 2.51. The van der Waals surface area contributed by atoms with E-state index in [1.807, 2.05) is 6.92 Å². The Kier molecular flexibility index (Phi) is 4.17. The van der Waals surface area contributed by atoms with Crippen LogP contribution in [0.2, 0.25) is 0 Å². The Hall–Kier alpha value is -2.17. The van der Waals surface area contributed by atoms with E-state index in [9.17, 15) is 14.7 Å². The lowest BCUT2D eigenvalue weighted by atomic mass is 9.98. The Morgan fingerprint density at radius 1 is 1.40 bits per heavy atom. The van der Waals surface area contributed by atoms with Crippen molar-refractivity contribution in [1.82, 2.24) is 9.88 Å². The molecule has 1 aliphatic heterocycles. The second kappa shape index (κ2) is 5.86. The summed E-state index contributed by atoms with van der Waals surface area (Å²) in [7, 11) is 0. The van der Waals surface area contributed by atoms with Crippen molar-refractivity contribution in [2.24, 2.45) is 0 Å². The molecule has 1 aliphatic rings. The number of amides is 1. The summed E-state index contributed by atoms with van der Waals surface area (Å²) in [5.41, 5.74) is 0.778. The summed E-state index contributed by atoms with van der Waals surface area (Å²) in [5.74, 6) is -1.13. The minimum atomic E-state index is -0.573. The molecular weight excluding hydrogens is 256 g/mol. The molecule has 106 valence electrons. The number of Topliss-reactive ketones (excluding diaryl/α,β-unsaturated/α-hetero) is 1. The summed E-state index contributed by atoms with van der Waals surface area (Å²) in [6, 6.07) is 4.77. The fraction of sp³-hybridized carbons (Fsp3) is 0.400. The summed E-state index contributed by atoms with van der Waals surface area (Å²) < 4.78 is 0. The van der Waals surface area contributed by atoms with Crippen LogP contribution in [0.25, 0.3) is 0 Å². The second-order valence-electron chi connectivity index (χ2n) is 4.69. The monoisotopic (exact) mass is 274 g/mol. The van der Waals surface area contributed by atoms with E-state index in [1.54, 1.807) is 31.3 Å². The Morgan fingerprint density at radius 3 is 2.70 bits per heavy atom. The highest BCUT2D eigenvalue weighted by Gasteiger charge is 2.42. The number of hydrogen-bond acceptors (Lipinski definition) is 4. The Labute approximate surface area is 117 Å². The first-order valence-electron chi connectivity index (χ1n) is 6.80. The molecule has 2 rings (SSSR count). The van der Waals surface area contributed by atoms with E-state index in [2.05, 4.69) is 4.98 Å². The second-order valence-corrected chi connectivity index (χ2v) is 4.69. The third kappa shape index (κ3) is 2.31. The van der Waals surface area contributed by atoms with Crippen molar-refractivity contribution in [3.63, 3.8) is 0 Å². The predicted octanol–water partition coefficient (Wildman–Crippen LogP) is 2.17. The quantitative estimate of drug-likeness (QED) is 0.893. The van der Waals surface area contributed by atoms with Gasteiger partial charge in [-0.15, -0.1) is 0 Å². The van der Waals surface area contributed by atoms with Crippen LogP contribution in [-0.2, 0) is 9.59 Å². The highest BCUT2D eigenvalue weighted by molar-refractivity contribution is 6.08. The van der Waals surface area contributed by atoms with E-state index in [1.165, 1.54) is 4.90 Å². The lowest BCUT2D eigenvalue weighted by molar-refractivity contribution is -0.129. The topological polar surface area (TPSA) is 70.5 Å². The van der Waals surface area contributed by atoms with Crippen LogP contribution in [0.3, 0.4) is 0 Å². The molecule has 1 N–H and O–H groups in total. The third-order valence-corrected chi connectivity index (χ3v) is 3.36. The fourth-order valence-electron chi connectivity index (χ4n) is 2.45. The number of rotatable bonds is 5. The van der Waals surface area contributed by atoms with Crippen LogP contribution < -0.4 is 0 Å². The third-order valence-electron chi connectivity index (χ3n) is 3.36. The van der Waals surface area contributed by atoms with Crippen LogP contribution in [-0.4, -0.2) is 33.2 Å². The average molecular weight is 274 g/mol. The van der Waals surface area contributed by atoms with Crippen molar-refractivity contribution < 1.29 is 14.7 Å². The first-order chi connectivity index (χ1) is 9.61. The number of hydrogen-bond donors (Lipinski definition) is 1. The molecular formula is C15H18N2O3. The van der Waals surface area contributed by atoms with Crippen molar-refractivity contribution in [2.45, 2.75) is 32.7 Å². The van der Waals surface area contributed by atoms with Crippen LogP contribution in [0.4, 0.5) is 0 Å². The maximum atomic E-state index is 12.1. The predicted molar refractivity (Wildman–Crippen MR) is 73.9 cm³/mol. The van der Waals surface area contributed by atoms with Crippen LogP contribution in [0.1, 0.15) is 38.4 Å². The van der Waals surface area contributed by atoms with Gasteiger partial charge in [0.05, 0.1) is 11.3 Å². The van der Waals surface area contributed by atoms with Crippen molar-refractivity contribution in [3.8, 4) is 0 Å². The molecule has 1 aromatic rings. The summed E-state index contributed by atoms with van der Waals surface area (Å²) in [6.45, 7) is 4.13. The van der Waals surface area contributed by atoms with Crippen molar-refractivity contribution in [2.75, 3.05) is 6.54 Å². The maximum absolute atomic E-state index is 12.1. The highest BCUT2D eigenvalue weighted by atomic mass is 16.3. The molecule has 5 nitrogen and oxygen atoms in total. The van der Waals surface area contributed by atoms with Gasteiger partial charge in [-0.05, 0) is 18.6 Å². The summed E-state index contributed by atoms with van der Waals surface area (Å²) >= 11 is 0. The first kappa shape index (κ1) is 14.2. The van der Waals surface area contributed by atoms with Crippen molar-refractivity contribution in [1.29, 1.82) is 0 Å². The molecule has 0 saturated carbocycles. The minimum absolute atomic E-state index is 0.171. The molecule has 1 amide bonds. The highest BCUT2D eigenvalue weighted by Crippen LogP contribution is 2.37. The van der Waals surface area contributed by atoms with Gasteiger partial charge in [0.15, 0.2) is 11.5 Å². The summed E-state index contributed by atoms with van der Waals surface area (Å²) in [6.07, 6.45) is 2.61. The number of carbonyl (C=O) groups is 2. The minimum Gasteiger partial charge on any atom is -0.503 e. The van der Waals surface area contributed by atoms with E-state index < -0.39 is 17.7 Å². The van der Waals surface area contributed by atoms with Gasteiger partial charge in [0, 0.05) is 19.2 Å². The maximum Gasteiger partial charge on any atom is 0.290 e. The lowest BCUT2D eigenvalue weighted by Crippen LogP contribution is -2.32.